The first-order chi connectivity index (χ1) is 12.7. The molecule has 2 aromatic carbocycles. The van der Waals surface area contributed by atoms with Crippen LogP contribution in [0, 0.1) is 0 Å². The molecule has 0 saturated heterocycles. The first kappa shape index (κ1) is 19.5. The minimum atomic E-state index is -0.631. The first-order valence-corrected chi connectivity index (χ1v) is 9.05. The molecule has 0 fully saturated rings. The molecule has 0 heterocycles. The molecule has 1 unspecified atom stereocenters. The summed E-state index contributed by atoms with van der Waals surface area (Å²) in [4.78, 5) is 25.0. The maximum Gasteiger partial charge on any atom is 0.265 e. The number of carbonyl (C=O) groups is 2. The molecule has 5 nitrogen and oxygen atoms in total. The zero-order valence-electron chi connectivity index (χ0n) is 15.3. The predicted molar refractivity (Wildman–Crippen MR) is 103 cm³/mol. The van der Waals surface area contributed by atoms with Gasteiger partial charge in [0.1, 0.15) is 5.75 Å². The Hall–Kier alpha value is -2.82. The van der Waals surface area contributed by atoms with Crippen molar-refractivity contribution in [1.29, 1.82) is 0 Å². The fraction of sp³-hybridized carbons (Fsp3) is 0.333. The average Bonchev–Trinajstić information content (AvgIpc) is 2.67. The van der Waals surface area contributed by atoms with Gasteiger partial charge in [0.2, 0.25) is 0 Å². The van der Waals surface area contributed by atoms with E-state index >= 15 is 0 Å². The van der Waals surface area contributed by atoms with Gasteiger partial charge in [0, 0.05) is 6.54 Å². The molecule has 0 aliphatic heterocycles. The summed E-state index contributed by atoms with van der Waals surface area (Å²) in [5.41, 5.74) is 0.938. The van der Waals surface area contributed by atoms with Crippen LogP contribution in [0.3, 0.4) is 0 Å². The van der Waals surface area contributed by atoms with Crippen LogP contribution < -0.4 is 15.4 Å². The number of carbonyl (C=O) groups excluding carboxylic acids is 2. The summed E-state index contributed by atoms with van der Waals surface area (Å²) in [6.07, 6.45) is 1.82. The molecule has 2 N–H and O–H groups in total. The van der Waals surface area contributed by atoms with E-state index in [4.69, 9.17) is 4.74 Å². The van der Waals surface area contributed by atoms with Gasteiger partial charge >= 0.3 is 0 Å². The molecule has 0 aliphatic rings. The van der Waals surface area contributed by atoms with Crippen molar-refractivity contribution in [3.63, 3.8) is 0 Å². The second kappa shape index (κ2) is 10.2. The number of ether oxygens (including phenoxy) is 1. The first-order valence-electron chi connectivity index (χ1n) is 9.05. The second-order valence-corrected chi connectivity index (χ2v) is 5.97. The van der Waals surface area contributed by atoms with Crippen LogP contribution in [-0.2, 0) is 4.79 Å². The van der Waals surface area contributed by atoms with E-state index in [1.807, 2.05) is 37.3 Å². The Morgan fingerprint density at radius 1 is 1.00 bits per heavy atom. The molecule has 0 saturated carbocycles. The van der Waals surface area contributed by atoms with Crippen molar-refractivity contribution in [2.45, 2.75) is 39.2 Å². The molecule has 1 atom stereocenters. The Labute approximate surface area is 154 Å². The molecule has 2 amide bonds. The van der Waals surface area contributed by atoms with Gasteiger partial charge in [0.15, 0.2) is 6.10 Å². The molecule has 0 aliphatic carbocycles. The van der Waals surface area contributed by atoms with Crippen LogP contribution >= 0.6 is 0 Å². The van der Waals surface area contributed by atoms with Crippen molar-refractivity contribution >= 4 is 17.5 Å². The lowest BCUT2D eigenvalue weighted by Crippen LogP contribution is -2.33. The molecular weight excluding hydrogens is 328 g/mol. The Kier molecular flexibility index (Phi) is 7.68. The number of para-hydroxylation sites is 2. The van der Waals surface area contributed by atoms with Gasteiger partial charge in [-0.3, -0.25) is 9.59 Å². The maximum absolute atomic E-state index is 12.6. The minimum absolute atomic E-state index is 0.189. The summed E-state index contributed by atoms with van der Waals surface area (Å²) in [6, 6.07) is 16.2. The number of rotatable bonds is 9. The molecule has 0 bridgehead atoms. The lowest BCUT2D eigenvalue weighted by Gasteiger charge is -2.18. The number of nitrogens with one attached hydrogen (secondary N) is 2. The monoisotopic (exact) mass is 354 g/mol. The molecular formula is C21H26N2O3. The van der Waals surface area contributed by atoms with Crippen LogP contribution in [0.2, 0.25) is 0 Å². The van der Waals surface area contributed by atoms with Gasteiger partial charge in [-0.05, 0) is 37.1 Å². The third kappa shape index (κ3) is 5.62. The minimum Gasteiger partial charge on any atom is -0.481 e. The largest absolute Gasteiger partial charge is 0.481 e. The zero-order chi connectivity index (χ0) is 18.8. The molecule has 0 radical (unpaired) electrons. The third-order valence-corrected chi connectivity index (χ3v) is 3.93. The van der Waals surface area contributed by atoms with Crippen molar-refractivity contribution < 1.29 is 14.3 Å². The van der Waals surface area contributed by atoms with Crippen molar-refractivity contribution in [2.75, 3.05) is 11.9 Å². The van der Waals surface area contributed by atoms with E-state index < -0.39 is 6.10 Å². The summed E-state index contributed by atoms with van der Waals surface area (Å²) in [5, 5.41) is 5.70. The van der Waals surface area contributed by atoms with Gasteiger partial charge in [-0.2, -0.15) is 0 Å². The molecule has 26 heavy (non-hydrogen) atoms. The highest BCUT2D eigenvalue weighted by Gasteiger charge is 2.20. The van der Waals surface area contributed by atoms with Crippen LogP contribution in [-0.4, -0.2) is 24.5 Å². The van der Waals surface area contributed by atoms with Crippen molar-refractivity contribution in [3.05, 3.63) is 60.2 Å². The molecule has 138 valence electrons. The lowest BCUT2D eigenvalue weighted by atomic mass is 10.1. The van der Waals surface area contributed by atoms with Crippen molar-refractivity contribution in [3.8, 4) is 5.75 Å². The van der Waals surface area contributed by atoms with E-state index in [0.29, 0.717) is 30.0 Å². The number of anilines is 1. The molecule has 2 rings (SSSR count). The Bertz CT molecular complexity index is 716. The van der Waals surface area contributed by atoms with Gasteiger partial charge in [-0.1, -0.05) is 50.6 Å². The van der Waals surface area contributed by atoms with Crippen LogP contribution in [0.4, 0.5) is 5.69 Å². The molecule has 5 heteroatoms. The predicted octanol–water partition coefficient (Wildman–Crippen LogP) is 4.01. The number of hydrogen-bond acceptors (Lipinski definition) is 3. The standard InChI is InChI=1S/C21H26N2O3/c1-3-5-15-22-20(24)17-13-9-10-14-18(17)23-21(25)19(4-2)26-16-11-7-6-8-12-16/h6-14,19H,3-5,15H2,1-2H3,(H,22,24)(H,23,25). The molecule has 0 aromatic heterocycles. The molecule has 2 aromatic rings. The van der Waals surface area contributed by atoms with E-state index in [9.17, 15) is 9.59 Å². The Morgan fingerprint density at radius 3 is 2.38 bits per heavy atom. The van der Waals surface area contributed by atoms with E-state index in [2.05, 4.69) is 17.6 Å². The highest BCUT2D eigenvalue weighted by molar-refractivity contribution is 6.04. The maximum atomic E-state index is 12.6. The van der Waals surface area contributed by atoms with E-state index in [1.165, 1.54) is 0 Å². The molecule has 0 spiro atoms. The van der Waals surface area contributed by atoms with Gasteiger partial charge in [0.25, 0.3) is 11.8 Å². The van der Waals surface area contributed by atoms with Crippen LogP contribution in [0.15, 0.2) is 54.6 Å². The second-order valence-electron chi connectivity index (χ2n) is 5.97. The Morgan fingerprint density at radius 2 is 1.69 bits per heavy atom. The number of unbranched alkanes of at least 4 members (excludes halogenated alkanes) is 1. The Balaban J connectivity index is 2.06. The van der Waals surface area contributed by atoms with Crippen molar-refractivity contribution in [2.24, 2.45) is 0 Å². The van der Waals surface area contributed by atoms with Crippen molar-refractivity contribution in [1.82, 2.24) is 5.32 Å². The fourth-order valence-corrected chi connectivity index (χ4v) is 2.46. The summed E-state index contributed by atoms with van der Waals surface area (Å²) in [5.74, 6) is 0.177. The van der Waals surface area contributed by atoms with E-state index in [1.54, 1.807) is 24.3 Å². The van der Waals surface area contributed by atoms with Crippen LogP contribution in [0.25, 0.3) is 0 Å². The fourth-order valence-electron chi connectivity index (χ4n) is 2.46. The smallest absolute Gasteiger partial charge is 0.265 e. The number of benzene rings is 2. The highest BCUT2D eigenvalue weighted by atomic mass is 16.5. The number of hydrogen-bond donors (Lipinski definition) is 2. The number of amides is 2. The van der Waals surface area contributed by atoms with E-state index in [-0.39, 0.29) is 11.8 Å². The lowest BCUT2D eigenvalue weighted by molar-refractivity contribution is -0.122. The average molecular weight is 354 g/mol. The van der Waals surface area contributed by atoms with Gasteiger partial charge in [-0.25, -0.2) is 0 Å². The highest BCUT2D eigenvalue weighted by Crippen LogP contribution is 2.18. The summed E-state index contributed by atoms with van der Waals surface area (Å²) in [6.45, 7) is 4.57. The normalized spacial score (nSPS) is 11.5. The summed E-state index contributed by atoms with van der Waals surface area (Å²) in [7, 11) is 0. The topological polar surface area (TPSA) is 67.4 Å². The zero-order valence-corrected chi connectivity index (χ0v) is 15.3. The van der Waals surface area contributed by atoms with Gasteiger partial charge in [-0.15, -0.1) is 0 Å². The van der Waals surface area contributed by atoms with Gasteiger partial charge < -0.3 is 15.4 Å². The third-order valence-electron chi connectivity index (χ3n) is 3.93. The van der Waals surface area contributed by atoms with E-state index in [0.717, 1.165) is 12.8 Å². The quantitative estimate of drug-likeness (QED) is 0.669. The summed E-state index contributed by atoms with van der Waals surface area (Å²) >= 11 is 0. The SMILES string of the molecule is CCCCNC(=O)c1ccccc1NC(=O)C(CC)Oc1ccccc1. The van der Waals surface area contributed by atoms with Crippen LogP contribution in [0.1, 0.15) is 43.5 Å². The van der Waals surface area contributed by atoms with Gasteiger partial charge in [0.05, 0.1) is 11.3 Å². The van der Waals surface area contributed by atoms with Crippen LogP contribution in [0.5, 0.6) is 5.75 Å². The summed E-state index contributed by atoms with van der Waals surface area (Å²) < 4.78 is 5.76.